The van der Waals surface area contributed by atoms with Crippen molar-refractivity contribution in [2.45, 2.75) is 88.5 Å². The Morgan fingerprint density at radius 3 is 2.26 bits per heavy atom. The molecule has 3 aromatic carbocycles. The van der Waals surface area contributed by atoms with E-state index >= 15 is 8.78 Å². The van der Waals surface area contributed by atoms with Crippen molar-refractivity contribution < 1.29 is 22.7 Å². The molecule has 3 aromatic rings. The Labute approximate surface area is 296 Å². The van der Waals surface area contributed by atoms with Crippen LogP contribution in [0.5, 0.6) is 11.5 Å². The van der Waals surface area contributed by atoms with E-state index in [1.54, 1.807) is 0 Å². The Balaban J connectivity index is 1.21. The van der Waals surface area contributed by atoms with E-state index in [9.17, 15) is 0 Å². The molecule has 0 radical (unpaired) electrons. The highest BCUT2D eigenvalue weighted by Crippen LogP contribution is 2.49. The summed E-state index contributed by atoms with van der Waals surface area (Å²) >= 11 is 0. The molecule has 266 valence electrons. The first kappa shape index (κ1) is 34.9. The van der Waals surface area contributed by atoms with Crippen LogP contribution in [-0.4, -0.2) is 76.0 Å². The molecule has 1 fully saturated rings. The van der Waals surface area contributed by atoms with Gasteiger partial charge in [-0.3, -0.25) is 9.89 Å². The molecule has 4 aliphatic rings. The van der Waals surface area contributed by atoms with Crippen LogP contribution < -0.4 is 30.5 Å². The minimum absolute atomic E-state index is 0.156. The number of nitrogens with one attached hydrogen (secondary N) is 2. The normalized spacial score (nSPS) is 25.3. The van der Waals surface area contributed by atoms with Crippen LogP contribution in [0.15, 0.2) is 89.6 Å². The maximum absolute atomic E-state index is 16.8. The van der Waals surface area contributed by atoms with Crippen LogP contribution in [0, 0.1) is 0 Å². The molecule has 0 bridgehead atoms. The number of halogens is 2. The number of hydrogen-bond donors (Lipinski definition) is 2. The van der Waals surface area contributed by atoms with Crippen molar-refractivity contribution in [2.75, 3.05) is 33.0 Å². The predicted molar refractivity (Wildman–Crippen MR) is 198 cm³/mol. The monoisotopic (exact) mass is 700 g/mol. The minimum atomic E-state index is -3.17. The van der Waals surface area contributed by atoms with Gasteiger partial charge in [-0.25, -0.2) is 8.78 Å². The second-order valence-corrected chi connectivity index (χ2v) is 20.0. The van der Waals surface area contributed by atoms with E-state index in [1.807, 2.05) is 90.8 Å². The average Bonchev–Trinajstić information content (AvgIpc) is 3.78. The summed E-state index contributed by atoms with van der Waals surface area (Å²) in [7, 11) is -3.17. The van der Waals surface area contributed by atoms with Crippen molar-refractivity contribution in [1.29, 1.82) is 0 Å². The minimum Gasteiger partial charge on any atom is -0.454 e. The third-order valence-electron chi connectivity index (χ3n) is 10.9. The third-order valence-corrected chi connectivity index (χ3v) is 15.9. The number of fused-ring (bicyclic) bond motifs is 2. The number of hydrogen-bond acceptors (Lipinski definition) is 7. The molecule has 1 unspecified atom stereocenters. The van der Waals surface area contributed by atoms with Crippen molar-refractivity contribution in [1.82, 2.24) is 15.5 Å². The highest BCUT2D eigenvalue weighted by molar-refractivity contribution is 6.99. The van der Waals surface area contributed by atoms with Gasteiger partial charge in [-0.2, -0.15) is 0 Å². The lowest BCUT2D eigenvalue weighted by atomic mass is 9.76. The fraction of sp³-hybridized carbons (Fsp3) is 0.475. The Morgan fingerprint density at radius 1 is 1.02 bits per heavy atom. The first-order valence-corrected chi connectivity index (χ1v) is 19.8. The summed E-state index contributed by atoms with van der Waals surface area (Å²) in [5.74, 6) is -1.79. The number of allylic oxidation sites excluding steroid dienone is 1. The van der Waals surface area contributed by atoms with Crippen molar-refractivity contribution in [3.8, 4) is 11.5 Å². The quantitative estimate of drug-likeness (QED) is 0.254. The number of nitrogens with zero attached hydrogens (tertiary/aromatic N) is 2. The second kappa shape index (κ2) is 13.5. The highest BCUT2D eigenvalue weighted by Gasteiger charge is 2.53. The smallest absolute Gasteiger partial charge is 0.282 e. The maximum Gasteiger partial charge on any atom is 0.282 e. The Hall–Kier alpha value is -3.57. The zero-order valence-corrected chi connectivity index (χ0v) is 30.8. The van der Waals surface area contributed by atoms with E-state index in [-0.39, 0.29) is 12.8 Å². The van der Waals surface area contributed by atoms with Gasteiger partial charge in [-0.1, -0.05) is 87.5 Å². The van der Waals surface area contributed by atoms with Crippen molar-refractivity contribution >= 4 is 24.9 Å². The molecule has 0 aromatic heterocycles. The van der Waals surface area contributed by atoms with Gasteiger partial charge in [-0.05, 0) is 78.3 Å². The van der Waals surface area contributed by atoms with Crippen molar-refractivity contribution in [3.05, 3.63) is 95.7 Å². The highest BCUT2D eigenvalue weighted by atomic mass is 28.4. The van der Waals surface area contributed by atoms with Crippen LogP contribution in [-0.2, 0) is 10.8 Å². The van der Waals surface area contributed by atoms with Crippen molar-refractivity contribution in [2.24, 2.45) is 4.99 Å². The largest absolute Gasteiger partial charge is 0.454 e. The molecular formula is C40H50F2N4O3Si. The lowest BCUT2D eigenvalue weighted by Gasteiger charge is -2.50. The fourth-order valence-electron chi connectivity index (χ4n) is 8.46. The third kappa shape index (κ3) is 6.63. The van der Waals surface area contributed by atoms with Gasteiger partial charge in [0.1, 0.15) is 0 Å². The summed E-state index contributed by atoms with van der Waals surface area (Å²) in [6.07, 6.45) is 6.36. The number of ether oxygens (including phenoxy) is 2. The summed E-state index contributed by atoms with van der Waals surface area (Å²) in [6.45, 7) is 11.4. The number of alkyl halides is 2. The molecule has 0 saturated carbocycles. The molecule has 4 heterocycles. The average molecular weight is 701 g/mol. The van der Waals surface area contributed by atoms with Gasteiger partial charge >= 0.3 is 0 Å². The van der Waals surface area contributed by atoms with Crippen LogP contribution in [0.4, 0.5) is 8.78 Å². The van der Waals surface area contributed by atoms with Crippen LogP contribution in [0.2, 0.25) is 5.04 Å². The van der Waals surface area contributed by atoms with Gasteiger partial charge in [0, 0.05) is 30.5 Å². The van der Waals surface area contributed by atoms with Crippen LogP contribution >= 0.6 is 0 Å². The predicted octanol–water partition coefficient (Wildman–Crippen LogP) is 5.98. The molecular weight excluding hydrogens is 651 g/mol. The molecule has 2 N–H and O–H groups in total. The van der Waals surface area contributed by atoms with E-state index in [0.717, 1.165) is 46.7 Å². The van der Waals surface area contributed by atoms with Crippen molar-refractivity contribution in [3.63, 3.8) is 0 Å². The Kier molecular flexibility index (Phi) is 9.43. The number of benzene rings is 3. The SMILES string of the molecule is C[C@@H]1Cc2cc3c(cc2[C@@H](C2(C)CC=C(N[C@H]4CCNC4)C=N2)N1CC(F)(F)CO[Si](c1ccccc1)(c1ccccc1)C(C)(C)C)OCO3. The lowest BCUT2D eigenvalue weighted by Crippen LogP contribution is -2.67. The van der Waals surface area contributed by atoms with Gasteiger partial charge in [0.15, 0.2) is 11.5 Å². The maximum atomic E-state index is 16.8. The van der Waals surface area contributed by atoms with E-state index < -0.39 is 44.0 Å². The lowest BCUT2D eigenvalue weighted by molar-refractivity contribution is -0.0919. The van der Waals surface area contributed by atoms with E-state index in [2.05, 4.69) is 44.4 Å². The molecule has 4 atom stereocenters. The number of dihydropyridines is 1. The first-order valence-electron chi connectivity index (χ1n) is 17.9. The summed E-state index contributed by atoms with van der Waals surface area (Å²) < 4.78 is 52.0. The molecule has 0 amide bonds. The summed E-state index contributed by atoms with van der Waals surface area (Å²) in [6, 6.07) is 23.8. The topological polar surface area (TPSA) is 67.4 Å². The molecule has 7 nitrogen and oxygen atoms in total. The van der Waals surface area contributed by atoms with Gasteiger partial charge in [0.25, 0.3) is 14.2 Å². The standard InChI is InChI=1S/C40H50F2N4O3Si/c1-28-20-29-21-35-36(48-27-47-35)22-34(29)37(39(5)18-16-30(24-44-39)45-31-17-19-43-23-31)46(28)25-40(41,42)26-49-50(38(2,3)4,32-12-8-6-9-13-32)33-14-10-7-11-15-33/h6-16,21-22,24,28,31,37,43,45H,17-20,23,25-27H2,1-5H3/t28-,31+,37+,39?/m1/s1. The van der Waals surface area contributed by atoms with Gasteiger partial charge in [-0.15, -0.1) is 0 Å². The van der Waals surface area contributed by atoms with Gasteiger partial charge < -0.3 is 24.5 Å². The summed E-state index contributed by atoms with van der Waals surface area (Å²) in [4.78, 5) is 7.13. The number of rotatable bonds is 10. The molecule has 0 spiro atoms. The molecule has 0 aliphatic carbocycles. The van der Waals surface area contributed by atoms with E-state index in [1.165, 1.54) is 0 Å². The number of aliphatic imine (C=N–C) groups is 1. The molecule has 1 saturated heterocycles. The van der Waals surface area contributed by atoms with Crippen LogP contribution in [0.25, 0.3) is 0 Å². The Bertz CT molecular complexity index is 1690. The fourth-order valence-corrected chi connectivity index (χ4v) is 13.0. The molecule has 4 aliphatic heterocycles. The Morgan fingerprint density at radius 2 is 1.68 bits per heavy atom. The molecule has 10 heteroatoms. The molecule has 7 rings (SSSR count). The summed E-state index contributed by atoms with van der Waals surface area (Å²) in [5, 5.41) is 8.56. The summed E-state index contributed by atoms with van der Waals surface area (Å²) in [5.41, 5.74) is 2.36. The van der Waals surface area contributed by atoms with Crippen LogP contribution in [0.3, 0.4) is 0 Å². The molecule has 50 heavy (non-hydrogen) atoms. The van der Waals surface area contributed by atoms with Gasteiger partial charge in [0.05, 0.1) is 24.7 Å². The van der Waals surface area contributed by atoms with E-state index in [0.29, 0.717) is 30.4 Å². The van der Waals surface area contributed by atoms with Crippen LogP contribution in [0.1, 0.15) is 64.6 Å². The van der Waals surface area contributed by atoms with Gasteiger partial charge in [0.2, 0.25) is 6.79 Å². The second-order valence-electron chi connectivity index (χ2n) is 15.7. The zero-order chi connectivity index (χ0) is 35.1. The zero-order valence-electron chi connectivity index (χ0n) is 29.8. The van der Waals surface area contributed by atoms with E-state index in [4.69, 9.17) is 18.9 Å². The first-order chi connectivity index (χ1) is 23.9.